The van der Waals surface area contributed by atoms with E-state index in [2.05, 4.69) is 6.07 Å². The third kappa shape index (κ3) is 4.15. The molecule has 4 rings (SSSR count). The van der Waals surface area contributed by atoms with E-state index in [1.54, 1.807) is 23.5 Å². The van der Waals surface area contributed by atoms with Gasteiger partial charge in [-0.25, -0.2) is 9.37 Å². The van der Waals surface area contributed by atoms with Gasteiger partial charge in [-0.2, -0.15) is 0 Å². The molecule has 0 saturated carbocycles. The van der Waals surface area contributed by atoms with E-state index < -0.39 is 5.82 Å². The van der Waals surface area contributed by atoms with Crippen molar-refractivity contribution in [2.45, 2.75) is 13.0 Å². The molecule has 0 spiro atoms. The summed E-state index contributed by atoms with van der Waals surface area (Å²) in [5, 5.41) is 1.14. The molecule has 1 aliphatic heterocycles. The molecule has 1 saturated heterocycles. The van der Waals surface area contributed by atoms with Crippen molar-refractivity contribution in [1.82, 2.24) is 9.88 Å². The fraction of sp³-hybridized carbons (Fsp3) is 0.333. The van der Waals surface area contributed by atoms with E-state index in [1.165, 1.54) is 22.8 Å². The molecule has 1 aromatic heterocycles. The van der Waals surface area contributed by atoms with Crippen LogP contribution >= 0.6 is 11.3 Å². The standard InChI is InChI=1S/C21H22FN3O2S/c1-27-18-7-6-15(12-16(18)22)13-21(26)25-10-8-24(9-11-25)14-20-23-17-4-2-3-5-19(17)28-20/h2-7,12H,8-11,13-14H2,1H3/p+1. The molecule has 146 valence electrons. The molecule has 1 amide bonds. The second-order valence-electron chi connectivity index (χ2n) is 7.03. The summed E-state index contributed by atoms with van der Waals surface area (Å²) in [7, 11) is 1.43. The maximum Gasteiger partial charge on any atom is 0.227 e. The number of methoxy groups -OCH3 is 1. The lowest BCUT2D eigenvalue weighted by Crippen LogP contribution is -3.13. The second-order valence-corrected chi connectivity index (χ2v) is 8.14. The number of halogens is 1. The zero-order valence-corrected chi connectivity index (χ0v) is 16.6. The van der Waals surface area contributed by atoms with Crippen molar-refractivity contribution in [1.29, 1.82) is 0 Å². The first-order valence-electron chi connectivity index (χ1n) is 9.40. The number of thiazole rings is 1. The Morgan fingerprint density at radius 1 is 1.25 bits per heavy atom. The molecule has 0 atom stereocenters. The van der Waals surface area contributed by atoms with Crippen LogP contribution in [-0.2, 0) is 17.8 Å². The maximum absolute atomic E-state index is 13.8. The van der Waals surface area contributed by atoms with Crippen LogP contribution in [-0.4, -0.2) is 49.1 Å². The molecule has 3 aromatic rings. The van der Waals surface area contributed by atoms with Crippen LogP contribution in [0, 0.1) is 5.82 Å². The number of carbonyl (C=O) groups excluding carboxylic acids is 1. The first kappa shape index (κ1) is 18.8. The topological polar surface area (TPSA) is 46.9 Å². The fourth-order valence-electron chi connectivity index (χ4n) is 3.56. The highest BCUT2D eigenvalue weighted by molar-refractivity contribution is 7.18. The van der Waals surface area contributed by atoms with Gasteiger partial charge in [0.25, 0.3) is 0 Å². The number of para-hydroxylation sites is 1. The number of aromatic nitrogens is 1. The normalized spacial score (nSPS) is 15.1. The quantitative estimate of drug-likeness (QED) is 0.712. The molecule has 2 heterocycles. The summed E-state index contributed by atoms with van der Waals surface area (Å²) in [5.41, 5.74) is 1.73. The third-order valence-corrected chi connectivity index (χ3v) is 6.17. The van der Waals surface area contributed by atoms with Gasteiger partial charge in [-0.15, -0.1) is 11.3 Å². The smallest absolute Gasteiger partial charge is 0.227 e. The van der Waals surface area contributed by atoms with Crippen molar-refractivity contribution in [3.63, 3.8) is 0 Å². The first-order valence-corrected chi connectivity index (χ1v) is 10.2. The average Bonchev–Trinajstić information content (AvgIpc) is 3.11. The Balaban J connectivity index is 1.30. The van der Waals surface area contributed by atoms with Gasteiger partial charge >= 0.3 is 0 Å². The SMILES string of the molecule is COc1ccc(CC(=O)N2CC[NH+](Cc3nc4ccccc4s3)CC2)cc1F. The van der Waals surface area contributed by atoms with E-state index in [0.29, 0.717) is 5.56 Å². The molecule has 28 heavy (non-hydrogen) atoms. The Morgan fingerprint density at radius 3 is 2.75 bits per heavy atom. The summed E-state index contributed by atoms with van der Waals surface area (Å²) in [6, 6.07) is 12.9. The van der Waals surface area contributed by atoms with Crippen LogP contribution < -0.4 is 9.64 Å². The Hall–Kier alpha value is -2.51. The molecular weight excluding hydrogens is 377 g/mol. The molecule has 1 fully saturated rings. The number of hydrogen-bond acceptors (Lipinski definition) is 4. The van der Waals surface area contributed by atoms with Gasteiger partial charge in [-0.05, 0) is 29.8 Å². The van der Waals surface area contributed by atoms with E-state index in [0.717, 1.165) is 43.2 Å². The third-order valence-electron chi connectivity index (χ3n) is 5.13. The van der Waals surface area contributed by atoms with E-state index >= 15 is 0 Å². The highest BCUT2D eigenvalue weighted by Crippen LogP contribution is 2.21. The Morgan fingerprint density at radius 2 is 2.04 bits per heavy atom. The number of carbonyl (C=O) groups is 1. The average molecular weight is 400 g/mol. The van der Waals surface area contributed by atoms with Crippen molar-refractivity contribution < 1.29 is 18.8 Å². The summed E-state index contributed by atoms with van der Waals surface area (Å²) >= 11 is 1.75. The number of benzene rings is 2. The summed E-state index contributed by atoms with van der Waals surface area (Å²) in [5.74, 6) is -0.190. The van der Waals surface area contributed by atoms with Crippen LogP contribution in [0.1, 0.15) is 10.6 Å². The zero-order chi connectivity index (χ0) is 19.5. The predicted octanol–water partition coefficient (Wildman–Crippen LogP) is 1.91. The highest BCUT2D eigenvalue weighted by atomic mass is 32.1. The molecule has 0 unspecified atom stereocenters. The zero-order valence-electron chi connectivity index (χ0n) is 15.8. The minimum absolute atomic E-state index is 0.0450. The number of nitrogens with zero attached hydrogens (tertiary/aromatic N) is 2. The minimum atomic E-state index is -0.433. The summed E-state index contributed by atoms with van der Waals surface area (Å²) in [4.78, 5) is 20.6. The van der Waals surface area contributed by atoms with Crippen molar-refractivity contribution in [3.8, 4) is 5.75 Å². The Bertz CT molecular complexity index is 950. The first-order chi connectivity index (χ1) is 13.6. The lowest BCUT2D eigenvalue weighted by molar-refractivity contribution is -0.917. The Kier molecular flexibility index (Phi) is 5.54. The molecular formula is C21H23FN3O2S+. The highest BCUT2D eigenvalue weighted by Gasteiger charge is 2.24. The van der Waals surface area contributed by atoms with Crippen LogP contribution in [0.2, 0.25) is 0 Å². The van der Waals surface area contributed by atoms with Gasteiger partial charge in [0.05, 0.1) is 49.9 Å². The van der Waals surface area contributed by atoms with Crippen LogP contribution in [0.5, 0.6) is 5.75 Å². The van der Waals surface area contributed by atoms with Gasteiger partial charge in [-0.1, -0.05) is 18.2 Å². The van der Waals surface area contributed by atoms with Crippen LogP contribution in [0.4, 0.5) is 4.39 Å². The predicted molar refractivity (Wildman–Crippen MR) is 107 cm³/mol. The number of rotatable bonds is 5. The van der Waals surface area contributed by atoms with E-state index in [1.807, 2.05) is 23.1 Å². The van der Waals surface area contributed by atoms with Crippen molar-refractivity contribution >= 4 is 27.5 Å². The van der Waals surface area contributed by atoms with Crippen molar-refractivity contribution in [2.75, 3.05) is 33.3 Å². The number of ether oxygens (including phenoxy) is 1. The fourth-order valence-corrected chi connectivity index (χ4v) is 4.60. The van der Waals surface area contributed by atoms with Gasteiger partial charge in [0.15, 0.2) is 11.6 Å². The number of fused-ring (bicyclic) bond motifs is 1. The maximum atomic E-state index is 13.8. The second kappa shape index (κ2) is 8.24. The molecule has 5 nitrogen and oxygen atoms in total. The van der Waals surface area contributed by atoms with Gasteiger partial charge < -0.3 is 14.5 Å². The molecule has 0 bridgehead atoms. The van der Waals surface area contributed by atoms with E-state index in [4.69, 9.17) is 9.72 Å². The molecule has 0 radical (unpaired) electrons. The van der Waals surface area contributed by atoms with Gasteiger partial charge in [-0.3, -0.25) is 4.79 Å². The summed E-state index contributed by atoms with van der Waals surface area (Å²) in [6.45, 7) is 4.14. The van der Waals surface area contributed by atoms with Crippen LogP contribution in [0.3, 0.4) is 0 Å². The molecule has 1 aliphatic rings. The number of quaternary nitrogens is 1. The van der Waals surface area contributed by atoms with Crippen molar-refractivity contribution in [3.05, 3.63) is 58.9 Å². The van der Waals surface area contributed by atoms with Gasteiger partial charge in [0, 0.05) is 0 Å². The van der Waals surface area contributed by atoms with Gasteiger partial charge in [0.1, 0.15) is 11.6 Å². The number of amides is 1. The molecule has 7 heteroatoms. The minimum Gasteiger partial charge on any atom is -0.494 e. The largest absolute Gasteiger partial charge is 0.494 e. The molecule has 2 aromatic carbocycles. The number of nitrogens with one attached hydrogen (secondary N) is 1. The molecule has 0 aliphatic carbocycles. The molecule has 1 N–H and O–H groups in total. The monoisotopic (exact) mass is 400 g/mol. The van der Waals surface area contributed by atoms with E-state index in [9.17, 15) is 9.18 Å². The van der Waals surface area contributed by atoms with Gasteiger partial charge in [0.2, 0.25) is 5.91 Å². The number of hydrogen-bond donors (Lipinski definition) is 1. The Labute approximate surface area is 167 Å². The summed E-state index contributed by atoms with van der Waals surface area (Å²) < 4.78 is 20.0. The number of piperazine rings is 1. The summed E-state index contributed by atoms with van der Waals surface area (Å²) in [6.07, 6.45) is 0.216. The van der Waals surface area contributed by atoms with E-state index in [-0.39, 0.29) is 18.1 Å². The van der Waals surface area contributed by atoms with Crippen LogP contribution in [0.15, 0.2) is 42.5 Å². The van der Waals surface area contributed by atoms with Crippen molar-refractivity contribution in [2.24, 2.45) is 0 Å². The van der Waals surface area contributed by atoms with Crippen LogP contribution in [0.25, 0.3) is 10.2 Å². The lowest BCUT2D eigenvalue weighted by atomic mass is 10.1. The lowest BCUT2D eigenvalue weighted by Gasteiger charge is -2.32.